The third kappa shape index (κ3) is 2.93. The molecule has 0 aliphatic carbocycles. The summed E-state index contributed by atoms with van der Waals surface area (Å²) in [4.78, 5) is 25.0. The SMILES string of the molecule is Cc1cc(C(=O)O)cc(C(=O)N(C)C2CCOC2)c1. The van der Waals surface area contributed by atoms with Gasteiger partial charge in [-0.15, -0.1) is 0 Å². The van der Waals surface area contributed by atoms with Gasteiger partial charge in [-0.25, -0.2) is 4.79 Å². The second kappa shape index (κ2) is 5.40. The third-order valence-electron chi connectivity index (χ3n) is 3.34. The van der Waals surface area contributed by atoms with Crippen LogP contribution in [-0.4, -0.2) is 48.2 Å². The van der Waals surface area contributed by atoms with E-state index in [9.17, 15) is 9.59 Å². The van der Waals surface area contributed by atoms with Gasteiger partial charge in [-0.3, -0.25) is 4.79 Å². The lowest BCUT2D eigenvalue weighted by Gasteiger charge is -2.23. The number of carbonyl (C=O) groups excluding carboxylic acids is 1. The van der Waals surface area contributed by atoms with Gasteiger partial charge in [0.05, 0.1) is 18.2 Å². The zero-order valence-electron chi connectivity index (χ0n) is 11.0. The predicted octanol–water partition coefficient (Wildman–Crippen LogP) is 1.55. The molecule has 19 heavy (non-hydrogen) atoms. The van der Waals surface area contributed by atoms with Crippen LogP contribution in [0.1, 0.15) is 32.7 Å². The Hall–Kier alpha value is -1.88. The fourth-order valence-electron chi connectivity index (χ4n) is 2.23. The first-order valence-corrected chi connectivity index (χ1v) is 6.19. The Morgan fingerprint density at radius 1 is 1.32 bits per heavy atom. The molecule has 1 N–H and O–H groups in total. The quantitative estimate of drug-likeness (QED) is 0.898. The average molecular weight is 263 g/mol. The lowest BCUT2D eigenvalue weighted by molar-refractivity contribution is 0.0696. The number of carboxylic acids is 1. The van der Waals surface area contributed by atoms with Gasteiger partial charge in [0.1, 0.15) is 0 Å². The Labute approximate surface area is 111 Å². The summed E-state index contributed by atoms with van der Waals surface area (Å²) in [6, 6.07) is 4.75. The first-order chi connectivity index (χ1) is 8.99. The van der Waals surface area contributed by atoms with E-state index in [0.717, 1.165) is 12.0 Å². The standard InChI is InChI=1S/C14H17NO4/c1-9-5-10(7-11(6-9)14(17)18)13(16)15(2)12-3-4-19-8-12/h5-7,12H,3-4,8H2,1-2H3,(H,17,18). The van der Waals surface area contributed by atoms with Gasteiger partial charge in [0, 0.05) is 19.2 Å². The second-order valence-corrected chi connectivity index (χ2v) is 4.83. The molecule has 1 aromatic carbocycles. The summed E-state index contributed by atoms with van der Waals surface area (Å²) in [7, 11) is 1.73. The summed E-state index contributed by atoms with van der Waals surface area (Å²) < 4.78 is 5.26. The van der Waals surface area contributed by atoms with Crippen molar-refractivity contribution in [2.24, 2.45) is 0 Å². The Bertz CT molecular complexity index is 506. The van der Waals surface area contributed by atoms with Crippen LogP contribution in [0.4, 0.5) is 0 Å². The lowest BCUT2D eigenvalue weighted by atomic mass is 10.0. The van der Waals surface area contributed by atoms with Crippen molar-refractivity contribution in [2.75, 3.05) is 20.3 Å². The highest BCUT2D eigenvalue weighted by Gasteiger charge is 2.25. The number of hydrogen-bond donors (Lipinski definition) is 1. The van der Waals surface area contributed by atoms with Crippen LogP contribution in [-0.2, 0) is 4.74 Å². The highest BCUT2D eigenvalue weighted by atomic mass is 16.5. The van der Waals surface area contributed by atoms with Gasteiger partial charge in [0.25, 0.3) is 5.91 Å². The number of nitrogens with zero attached hydrogens (tertiary/aromatic N) is 1. The molecule has 0 spiro atoms. The minimum Gasteiger partial charge on any atom is -0.478 e. The molecule has 0 radical (unpaired) electrons. The van der Waals surface area contributed by atoms with Crippen molar-refractivity contribution in [1.29, 1.82) is 0 Å². The zero-order valence-corrected chi connectivity index (χ0v) is 11.0. The summed E-state index contributed by atoms with van der Waals surface area (Å²) in [5.74, 6) is -1.19. The number of aryl methyl sites for hydroxylation is 1. The van der Waals surface area contributed by atoms with Gasteiger partial charge < -0.3 is 14.7 Å². The number of hydrogen-bond acceptors (Lipinski definition) is 3. The highest BCUT2D eigenvalue weighted by molar-refractivity contribution is 5.97. The van der Waals surface area contributed by atoms with Crippen molar-refractivity contribution >= 4 is 11.9 Å². The van der Waals surface area contributed by atoms with E-state index in [4.69, 9.17) is 9.84 Å². The van der Waals surface area contributed by atoms with Gasteiger partial charge in [-0.1, -0.05) is 0 Å². The third-order valence-corrected chi connectivity index (χ3v) is 3.34. The van der Waals surface area contributed by atoms with E-state index in [2.05, 4.69) is 0 Å². The van der Waals surface area contributed by atoms with Crippen molar-refractivity contribution in [3.05, 3.63) is 34.9 Å². The van der Waals surface area contributed by atoms with Crippen molar-refractivity contribution in [1.82, 2.24) is 4.90 Å². The van der Waals surface area contributed by atoms with Crippen molar-refractivity contribution in [3.63, 3.8) is 0 Å². The van der Waals surface area contributed by atoms with Crippen LogP contribution in [0.25, 0.3) is 0 Å². The van der Waals surface area contributed by atoms with Crippen LogP contribution in [0.2, 0.25) is 0 Å². The molecule has 1 saturated heterocycles. The molecule has 102 valence electrons. The van der Waals surface area contributed by atoms with Gasteiger partial charge in [0.2, 0.25) is 0 Å². The molecule has 0 aromatic heterocycles. The summed E-state index contributed by atoms with van der Waals surface area (Å²) in [6.07, 6.45) is 0.819. The molecule has 5 heteroatoms. The Balaban J connectivity index is 2.25. The normalized spacial score (nSPS) is 18.3. The number of carboxylic acid groups (broad SMARTS) is 1. The first-order valence-electron chi connectivity index (χ1n) is 6.19. The van der Waals surface area contributed by atoms with Crippen LogP contribution >= 0.6 is 0 Å². The monoisotopic (exact) mass is 263 g/mol. The largest absolute Gasteiger partial charge is 0.478 e. The second-order valence-electron chi connectivity index (χ2n) is 4.83. The molecule has 1 aliphatic heterocycles. The van der Waals surface area contributed by atoms with E-state index in [1.54, 1.807) is 31.0 Å². The van der Waals surface area contributed by atoms with E-state index in [-0.39, 0.29) is 17.5 Å². The molecule has 0 bridgehead atoms. The van der Waals surface area contributed by atoms with Crippen LogP contribution in [0.3, 0.4) is 0 Å². The smallest absolute Gasteiger partial charge is 0.335 e. The Morgan fingerprint density at radius 3 is 2.58 bits per heavy atom. The molecule has 2 rings (SSSR count). The predicted molar refractivity (Wildman–Crippen MR) is 69.5 cm³/mol. The van der Waals surface area contributed by atoms with E-state index in [0.29, 0.717) is 18.8 Å². The van der Waals surface area contributed by atoms with Crippen LogP contribution in [0, 0.1) is 6.92 Å². The van der Waals surface area contributed by atoms with Gasteiger partial charge in [-0.2, -0.15) is 0 Å². The van der Waals surface area contributed by atoms with Gasteiger partial charge in [-0.05, 0) is 37.1 Å². The maximum Gasteiger partial charge on any atom is 0.335 e. The maximum atomic E-state index is 12.3. The summed E-state index contributed by atoms with van der Waals surface area (Å²) in [5, 5.41) is 9.02. The fourth-order valence-corrected chi connectivity index (χ4v) is 2.23. The molecule has 1 aromatic rings. The van der Waals surface area contributed by atoms with Crippen LogP contribution in [0.5, 0.6) is 0 Å². The van der Waals surface area contributed by atoms with E-state index in [1.165, 1.54) is 6.07 Å². The number of carbonyl (C=O) groups is 2. The number of likely N-dealkylation sites (N-methyl/N-ethyl adjacent to an activating group) is 1. The Kier molecular flexibility index (Phi) is 3.85. The summed E-state index contributed by atoms with van der Waals surface area (Å²) in [6.45, 7) is 2.98. The van der Waals surface area contributed by atoms with Gasteiger partial charge >= 0.3 is 5.97 Å². The number of benzene rings is 1. The van der Waals surface area contributed by atoms with Gasteiger partial charge in [0.15, 0.2) is 0 Å². The number of rotatable bonds is 3. The van der Waals surface area contributed by atoms with E-state index in [1.807, 2.05) is 0 Å². The topological polar surface area (TPSA) is 66.8 Å². The highest BCUT2D eigenvalue weighted by Crippen LogP contribution is 2.16. The number of amides is 1. The van der Waals surface area contributed by atoms with Crippen molar-refractivity contribution in [2.45, 2.75) is 19.4 Å². The molecule has 5 nitrogen and oxygen atoms in total. The molecular formula is C14H17NO4. The van der Waals surface area contributed by atoms with E-state index >= 15 is 0 Å². The first kappa shape index (κ1) is 13.5. The molecule has 1 fully saturated rings. The number of aromatic carboxylic acids is 1. The molecule has 1 amide bonds. The van der Waals surface area contributed by atoms with Crippen molar-refractivity contribution in [3.8, 4) is 0 Å². The molecule has 0 saturated carbocycles. The Morgan fingerprint density at radius 2 is 2.00 bits per heavy atom. The average Bonchev–Trinajstić information content (AvgIpc) is 2.90. The maximum absolute atomic E-state index is 12.3. The van der Waals surface area contributed by atoms with E-state index < -0.39 is 5.97 Å². The number of ether oxygens (including phenoxy) is 1. The summed E-state index contributed by atoms with van der Waals surface area (Å²) >= 11 is 0. The minimum atomic E-state index is -1.02. The minimum absolute atomic E-state index is 0.0706. The molecular weight excluding hydrogens is 246 g/mol. The van der Waals surface area contributed by atoms with Crippen LogP contribution < -0.4 is 0 Å². The molecule has 1 unspecified atom stereocenters. The molecule has 1 heterocycles. The summed E-state index contributed by atoms with van der Waals surface area (Å²) in [5.41, 5.74) is 1.31. The molecule has 1 atom stereocenters. The fraction of sp³-hybridized carbons (Fsp3) is 0.429. The molecule has 1 aliphatic rings. The zero-order chi connectivity index (χ0) is 14.0. The van der Waals surface area contributed by atoms with Crippen LogP contribution in [0.15, 0.2) is 18.2 Å². The lowest BCUT2D eigenvalue weighted by Crippen LogP contribution is -2.37. The van der Waals surface area contributed by atoms with Crippen molar-refractivity contribution < 1.29 is 19.4 Å².